The van der Waals surface area contributed by atoms with Gasteiger partial charge < -0.3 is 10.7 Å². The van der Waals surface area contributed by atoms with E-state index in [1.165, 1.54) is 0 Å². The number of benzene rings is 1. The molecule has 8 heavy (non-hydrogen) atoms. The number of rotatable bonds is 1. The van der Waals surface area contributed by atoms with Crippen LogP contribution in [-0.4, -0.2) is 0 Å². The standard InChI is InChI=1S/C6H5NO/c8-7-6-4-2-1-3-5-6/h1-5H/q-1. The topological polar surface area (TPSA) is 37.2 Å². The summed E-state index contributed by atoms with van der Waals surface area (Å²) < 4.78 is 0. The predicted octanol–water partition coefficient (Wildman–Crippen LogP) is 1.42. The lowest BCUT2D eigenvalue weighted by Crippen LogP contribution is -1.79. The fraction of sp³-hybridized carbons (Fsp3) is 0. The third-order valence-corrected chi connectivity index (χ3v) is 0.862. The van der Waals surface area contributed by atoms with E-state index in [9.17, 15) is 5.21 Å². The molecule has 0 atom stereocenters. The minimum absolute atomic E-state index is 0.479. The molecule has 0 heterocycles. The van der Waals surface area contributed by atoms with Gasteiger partial charge in [0.05, 0.1) is 0 Å². The summed E-state index contributed by atoms with van der Waals surface area (Å²) in [7, 11) is 0. The molecular weight excluding hydrogens is 102 g/mol. The molecule has 0 aliphatic heterocycles. The quantitative estimate of drug-likeness (QED) is 0.500. The van der Waals surface area contributed by atoms with Crippen molar-refractivity contribution in [3.05, 3.63) is 35.5 Å². The van der Waals surface area contributed by atoms with Gasteiger partial charge in [0, 0.05) is 5.69 Å². The molecule has 0 amide bonds. The summed E-state index contributed by atoms with van der Waals surface area (Å²) in [4.78, 5) is 0. The minimum atomic E-state index is 0.479. The summed E-state index contributed by atoms with van der Waals surface area (Å²) >= 11 is 0. The second-order valence-electron chi connectivity index (χ2n) is 1.43. The largest absolute Gasteiger partial charge is 0.739 e. The Morgan fingerprint density at radius 2 is 1.75 bits per heavy atom. The van der Waals surface area contributed by atoms with E-state index in [1.54, 1.807) is 24.3 Å². The first-order chi connectivity index (χ1) is 3.93. The Morgan fingerprint density at radius 1 is 1.12 bits per heavy atom. The normalized spacial score (nSPS) is 8.62. The van der Waals surface area contributed by atoms with Crippen molar-refractivity contribution in [2.24, 2.45) is 0 Å². The van der Waals surface area contributed by atoms with E-state index < -0.39 is 0 Å². The van der Waals surface area contributed by atoms with Gasteiger partial charge in [0.1, 0.15) is 0 Å². The van der Waals surface area contributed by atoms with Crippen LogP contribution in [0.5, 0.6) is 0 Å². The van der Waals surface area contributed by atoms with Crippen LogP contribution in [0.4, 0.5) is 5.69 Å². The predicted molar refractivity (Wildman–Crippen MR) is 31.6 cm³/mol. The Hall–Kier alpha value is -1.02. The van der Waals surface area contributed by atoms with Gasteiger partial charge in [-0.25, -0.2) is 0 Å². The molecule has 1 aromatic rings. The summed E-state index contributed by atoms with van der Waals surface area (Å²) in [5.41, 5.74) is 3.20. The second-order valence-corrected chi connectivity index (χ2v) is 1.43. The Morgan fingerprint density at radius 3 is 2.12 bits per heavy atom. The van der Waals surface area contributed by atoms with E-state index in [0.29, 0.717) is 5.69 Å². The fourth-order valence-electron chi connectivity index (χ4n) is 0.489. The maximum atomic E-state index is 9.76. The van der Waals surface area contributed by atoms with Gasteiger partial charge in [0.2, 0.25) is 0 Å². The number of hydrogen-bond donors (Lipinski definition) is 0. The van der Waals surface area contributed by atoms with Crippen LogP contribution in [-0.2, 0) is 0 Å². The molecule has 2 heteroatoms. The van der Waals surface area contributed by atoms with Gasteiger partial charge in [-0.2, -0.15) is 0 Å². The lowest BCUT2D eigenvalue weighted by atomic mass is 10.3. The summed E-state index contributed by atoms with van der Waals surface area (Å²) in [6, 6.07) is 8.71. The van der Waals surface area contributed by atoms with Crippen LogP contribution >= 0.6 is 0 Å². The highest BCUT2D eigenvalue weighted by molar-refractivity contribution is 5.34. The molecule has 0 aromatic heterocycles. The first-order valence-electron chi connectivity index (χ1n) is 2.32. The molecule has 0 saturated heterocycles. The van der Waals surface area contributed by atoms with E-state index >= 15 is 0 Å². The highest BCUT2D eigenvalue weighted by Gasteiger charge is 1.76. The van der Waals surface area contributed by atoms with Gasteiger partial charge >= 0.3 is 0 Å². The van der Waals surface area contributed by atoms with Crippen molar-refractivity contribution in [1.82, 2.24) is 5.48 Å². The van der Waals surface area contributed by atoms with Crippen LogP contribution in [0.1, 0.15) is 0 Å². The molecule has 0 unspecified atom stereocenters. The Bertz CT molecular complexity index is 150. The van der Waals surface area contributed by atoms with Gasteiger partial charge in [-0.3, -0.25) is 0 Å². The molecule has 0 bridgehead atoms. The summed E-state index contributed by atoms with van der Waals surface area (Å²) in [5, 5.41) is 9.76. The Kier molecular flexibility index (Phi) is 1.49. The van der Waals surface area contributed by atoms with E-state index in [2.05, 4.69) is 5.48 Å². The zero-order valence-corrected chi connectivity index (χ0v) is 4.24. The molecule has 0 N–H and O–H groups in total. The lowest BCUT2D eigenvalue weighted by Gasteiger charge is -2.02. The molecule has 2 nitrogen and oxygen atoms in total. The Labute approximate surface area is 47.7 Å². The van der Waals surface area contributed by atoms with Crippen molar-refractivity contribution in [3.8, 4) is 0 Å². The highest BCUT2D eigenvalue weighted by Crippen LogP contribution is 2.02. The van der Waals surface area contributed by atoms with Crippen molar-refractivity contribution in [2.75, 3.05) is 0 Å². The SMILES string of the molecule is [O-][N]c1ccccc1. The van der Waals surface area contributed by atoms with Gasteiger partial charge in [0.15, 0.2) is 0 Å². The first-order valence-corrected chi connectivity index (χ1v) is 2.32. The van der Waals surface area contributed by atoms with Crippen LogP contribution in [0, 0.1) is 5.21 Å². The average Bonchev–Trinajstić information content (AvgIpc) is 1.90. The number of hydrogen-bond acceptors (Lipinski definition) is 1. The first kappa shape index (κ1) is 5.12. The van der Waals surface area contributed by atoms with Crippen molar-refractivity contribution in [2.45, 2.75) is 0 Å². The zero-order chi connectivity index (χ0) is 5.82. The van der Waals surface area contributed by atoms with Gasteiger partial charge in [0.25, 0.3) is 0 Å². The van der Waals surface area contributed by atoms with E-state index in [-0.39, 0.29) is 0 Å². The summed E-state index contributed by atoms with van der Waals surface area (Å²) in [5.74, 6) is 0. The monoisotopic (exact) mass is 107 g/mol. The smallest absolute Gasteiger partial charge is 0.0443 e. The summed E-state index contributed by atoms with van der Waals surface area (Å²) in [6.07, 6.45) is 0. The van der Waals surface area contributed by atoms with Crippen LogP contribution in [0.3, 0.4) is 0 Å². The molecular formula is C6H5NO-. The molecule has 1 aromatic carbocycles. The van der Waals surface area contributed by atoms with E-state index in [4.69, 9.17) is 0 Å². The van der Waals surface area contributed by atoms with Crippen LogP contribution in [0.25, 0.3) is 0 Å². The maximum Gasteiger partial charge on any atom is 0.0443 e. The molecule has 0 aliphatic rings. The molecule has 1 rings (SSSR count). The van der Waals surface area contributed by atoms with Gasteiger partial charge in [-0.05, 0) is 12.1 Å². The van der Waals surface area contributed by atoms with Crippen LogP contribution in [0.2, 0.25) is 0 Å². The van der Waals surface area contributed by atoms with Gasteiger partial charge in [-0.15, -0.1) is 0 Å². The summed E-state index contributed by atoms with van der Waals surface area (Å²) in [6.45, 7) is 0. The molecule has 1 radical (unpaired) electrons. The number of nitrogens with zero attached hydrogens (tertiary/aromatic N) is 1. The van der Waals surface area contributed by atoms with Crippen molar-refractivity contribution < 1.29 is 0 Å². The van der Waals surface area contributed by atoms with Crippen molar-refractivity contribution in [3.63, 3.8) is 0 Å². The zero-order valence-electron chi connectivity index (χ0n) is 4.24. The van der Waals surface area contributed by atoms with E-state index in [0.717, 1.165) is 0 Å². The highest BCUT2D eigenvalue weighted by atomic mass is 16.5. The van der Waals surface area contributed by atoms with Gasteiger partial charge in [-0.1, -0.05) is 18.2 Å². The maximum absolute atomic E-state index is 9.76. The average molecular weight is 107 g/mol. The third-order valence-electron chi connectivity index (χ3n) is 0.862. The molecule has 0 aliphatic carbocycles. The molecule has 0 spiro atoms. The Balaban J connectivity index is 2.83. The molecule has 0 fully saturated rings. The van der Waals surface area contributed by atoms with E-state index in [1.807, 2.05) is 6.07 Å². The third kappa shape index (κ3) is 0.978. The minimum Gasteiger partial charge on any atom is -0.739 e. The second kappa shape index (κ2) is 2.33. The van der Waals surface area contributed by atoms with Crippen LogP contribution in [0.15, 0.2) is 30.3 Å². The fourth-order valence-corrected chi connectivity index (χ4v) is 0.489. The van der Waals surface area contributed by atoms with Crippen molar-refractivity contribution in [1.29, 1.82) is 0 Å². The molecule has 0 saturated carbocycles. The lowest BCUT2D eigenvalue weighted by molar-refractivity contribution is 1.20. The van der Waals surface area contributed by atoms with Crippen molar-refractivity contribution >= 4 is 5.69 Å². The van der Waals surface area contributed by atoms with Crippen LogP contribution < -0.4 is 5.48 Å². The molecule has 41 valence electrons.